The first-order chi connectivity index (χ1) is 12.9. The zero-order valence-corrected chi connectivity index (χ0v) is 15.9. The zero-order valence-electron chi connectivity index (χ0n) is 15.9. The Balaban J connectivity index is 2.19. The van der Waals surface area contributed by atoms with E-state index in [0.29, 0.717) is 33.5 Å². The summed E-state index contributed by atoms with van der Waals surface area (Å²) in [5.41, 5.74) is 1.75. The smallest absolute Gasteiger partial charge is 0.417 e. The van der Waals surface area contributed by atoms with Crippen molar-refractivity contribution in [3.63, 3.8) is 0 Å². The summed E-state index contributed by atoms with van der Waals surface area (Å²) in [5.74, 6) is -0.969. The van der Waals surface area contributed by atoms with Crippen LogP contribution < -0.4 is 5.56 Å². The highest BCUT2D eigenvalue weighted by Crippen LogP contribution is 2.28. The second kappa shape index (κ2) is 8.00. The lowest BCUT2D eigenvalue weighted by Crippen LogP contribution is -2.26. The molecule has 0 atom stereocenters. The van der Waals surface area contributed by atoms with Crippen LogP contribution in [-0.4, -0.2) is 16.3 Å². The summed E-state index contributed by atoms with van der Waals surface area (Å²) in [5, 5.41) is 0. The number of carbonyl (C=O) groups is 2. The van der Waals surface area contributed by atoms with E-state index in [-0.39, 0.29) is 12.4 Å². The van der Waals surface area contributed by atoms with Gasteiger partial charge in [0, 0.05) is 17.8 Å². The lowest BCUT2D eigenvalue weighted by molar-refractivity contribution is -0.146. The van der Waals surface area contributed by atoms with Crippen LogP contribution in [-0.2, 0) is 28.9 Å². The number of hydrogen-bond donors (Lipinski definition) is 0. The Morgan fingerprint density at radius 1 is 1.11 bits per heavy atom. The van der Waals surface area contributed by atoms with E-state index in [9.17, 15) is 27.6 Å². The topological polar surface area (TPSA) is 65.4 Å². The normalized spacial score (nSPS) is 11.4. The number of benzene rings is 1. The molecule has 0 aliphatic heterocycles. The minimum absolute atomic E-state index is 0.113. The van der Waals surface area contributed by atoms with E-state index >= 15 is 0 Å². The fourth-order valence-electron chi connectivity index (χ4n) is 3.15. The summed E-state index contributed by atoms with van der Waals surface area (Å²) < 4.78 is 44.1. The largest absolute Gasteiger partial charge is 0.459 e. The number of alkyl halides is 3. The SMILES string of the molecule is CC(=O)c1c(C)cc(C)c(COC(=O)Cn2cc(C(F)(F)F)ccc2=O)c1C. The molecule has 0 N–H and O–H groups in total. The van der Waals surface area contributed by atoms with E-state index in [2.05, 4.69) is 0 Å². The number of rotatable bonds is 5. The van der Waals surface area contributed by atoms with Gasteiger partial charge in [-0.2, -0.15) is 13.2 Å². The van der Waals surface area contributed by atoms with Crippen LogP contribution in [0.25, 0.3) is 0 Å². The van der Waals surface area contributed by atoms with Gasteiger partial charge in [-0.3, -0.25) is 14.4 Å². The summed E-state index contributed by atoms with van der Waals surface area (Å²) in [6.07, 6.45) is -4.04. The van der Waals surface area contributed by atoms with E-state index in [1.54, 1.807) is 6.92 Å². The Morgan fingerprint density at radius 2 is 1.75 bits per heavy atom. The van der Waals surface area contributed by atoms with Crippen molar-refractivity contribution in [2.24, 2.45) is 0 Å². The second-order valence-electron chi connectivity index (χ2n) is 6.59. The third-order valence-electron chi connectivity index (χ3n) is 4.47. The lowest BCUT2D eigenvalue weighted by atomic mass is 9.92. The molecule has 0 aliphatic rings. The van der Waals surface area contributed by atoms with Crippen molar-refractivity contribution in [2.75, 3.05) is 0 Å². The average molecular weight is 395 g/mol. The summed E-state index contributed by atoms with van der Waals surface area (Å²) in [6.45, 7) is 6.02. The maximum atomic E-state index is 12.8. The van der Waals surface area contributed by atoms with Crippen LogP contribution in [0.5, 0.6) is 0 Å². The highest BCUT2D eigenvalue weighted by atomic mass is 19.4. The van der Waals surface area contributed by atoms with E-state index in [0.717, 1.165) is 17.2 Å². The molecule has 2 aromatic rings. The highest BCUT2D eigenvalue weighted by Gasteiger charge is 2.31. The molecule has 0 amide bonds. The van der Waals surface area contributed by atoms with E-state index in [1.165, 1.54) is 6.92 Å². The number of ether oxygens (including phenoxy) is 1. The van der Waals surface area contributed by atoms with E-state index < -0.39 is 29.8 Å². The predicted molar refractivity (Wildman–Crippen MR) is 96.2 cm³/mol. The number of esters is 1. The van der Waals surface area contributed by atoms with E-state index in [1.807, 2.05) is 19.9 Å². The number of nitrogens with zero attached hydrogens (tertiary/aromatic N) is 1. The van der Waals surface area contributed by atoms with Gasteiger partial charge >= 0.3 is 12.1 Å². The van der Waals surface area contributed by atoms with Crippen molar-refractivity contribution < 1.29 is 27.5 Å². The van der Waals surface area contributed by atoms with Crippen LogP contribution in [0.15, 0.2) is 29.2 Å². The standard InChI is InChI=1S/C20H20F3NO4/c1-11-7-12(2)19(14(4)25)13(3)16(11)10-28-18(27)9-24-8-15(20(21,22)23)5-6-17(24)26/h5-8H,9-10H2,1-4H3. The molecule has 0 spiro atoms. The Labute approximate surface area is 159 Å². The Morgan fingerprint density at radius 3 is 2.32 bits per heavy atom. The van der Waals surface area contributed by atoms with E-state index in [4.69, 9.17) is 4.74 Å². The molecule has 0 fully saturated rings. The Kier molecular flexibility index (Phi) is 6.11. The van der Waals surface area contributed by atoms with Gasteiger partial charge in [0.05, 0.1) is 5.56 Å². The number of Topliss-reactive ketones (excluding diaryl/α,β-unsaturated/α-hetero) is 1. The van der Waals surface area contributed by atoms with Crippen LogP contribution >= 0.6 is 0 Å². The molecule has 8 heteroatoms. The summed E-state index contributed by atoms with van der Waals surface area (Å²) in [6, 6.07) is 3.22. The van der Waals surface area contributed by atoms with Gasteiger partial charge in [0.2, 0.25) is 0 Å². The molecule has 0 aliphatic carbocycles. The molecular formula is C20H20F3NO4. The minimum Gasteiger partial charge on any atom is -0.459 e. The first-order valence-corrected chi connectivity index (χ1v) is 8.45. The molecule has 1 heterocycles. The second-order valence-corrected chi connectivity index (χ2v) is 6.59. The summed E-state index contributed by atoms with van der Waals surface area (Å²) in [4.78, 5) is 35.6. The van der Waals surface area contributed by atoms with Crippen molar-refractivity contribution in [1.29, 1.82) is 0 Å². The van der Waals surface area contributed by atoms with Crippen molar-refractivity contribution in [3.8, 4) is 0 Å². The summed E-state index contributed by atoms with van der Waals surface area (Å²) >= 11 is 0. The monoisotopic (exact) mass is 395 g/mol. The number of hydrogen-bond acceptors (Lipinski definition) is 4. The summed E-state index contributed by atoms with van der Waals surface area (Å²) in [7, 11) is 0. The predicted octanol–water partition coefficient (Wildman–Crippen LogP) is 3.74. The molecule has 150 valence electrons. The maximum absolute atomic E-state index is 12.8. The number of halogens is 3. The third kappa shape index (κ3) is 4.68. The molecular weight excluding hydrogens is 375 g/mol. The number of carbonyl (C=O) groups excluding carboxylic acids is 2. The van der Waals surface area contributed by atoms with Gasteiger partial charge < -0.3 is 9.30 Å². The van der Waals surface area contributed by atoms with Gasteiger partial charge in [-0.15, -0.1) is 0 Å². The Bertz CT molecular complexity index is 990. The van der Waals surface area contributed by atoms with Crippen LogP contribution in [0.4, 0.5) is 13.2 Å². The molecule has 0 saturated carbocycles. The first-order valence-electron chi connectivity index (χ1n) is 8.45. The van der Waals surface area contributed by atoms with Crippen LogP contribution in [0, 0.1) is 20.8 Å². The van der Waals surface area contributed by atoms with Crippen LogP contribution in [0.2, 0.25) is 0 Å². The molecule has 0 bridgehead atoms. The van der Waals surface area contributed by atoms with Crippen molar-refractivity contribution in [1.82, 2.24) is 4.57 Å². The molecule has 0 radical (unpaired) electrons. The van der Waals surface area contributed by atoms with Gasteiger partial charge in [0.1, 0.15) is 13.2 Å². The number of aromatic nitrogens is 1. The molecule has 1 aromatic heterocycles. The molecule has 28 heavy (non-hydrogen) atoms. The molecule has 0 unspecified atom stereocenters. The minimum atomic E-state index is -4.63. The van der Waals surface area contributed by atoms with Crippen molar-refractivity contribution in [3.05, 3.63) is 68.1 Å². The van der Waals surface area contributed by atoms with Crippen molar-refractivity contribution in [2.45, 2.75) is 47.0 Å². The van der Waals surface area contributed by atoms with Gasteiger partial charge in [-0.05, 0) is 56.0 Å². The van der Waals surface area contributed by atoms with Gasteiger partial charge in [-0.1, -0.05) is 6.07 Å². The van der Waals surface area contributed by atoms with Gasteiger partial charge in [-0.25, -0.2) is 0 Å². The fraction of sp³-hybridized carbons (Fsp3) is 0.350. The highest BCUT2D eigenvalue weighted by molar-refractivity contribution is 5.97. The molecule has 1 aromatic carbocycles. The number of ketones is 1. The molecule has 5 nitrogen and oxygen atoms in total. The average Bonchev–Trinajstić information content (AvgIpc) is 2.54. The number of pyridine rings is 1. The lowest BCUT2D eigenvalue weighted by Gasteiger charge is -2.16. The number of aryl methyl sites for hydroxylation is 2. The molecule has 0 saturated heterocycles. The van der Waals surface area contributed by atoms with Crippen LogP contribution in [0.3, 0.4) is 0 Å². The quantitative estimate of drug-likeness (QED) is 0.572. The van der Waals surface area contributed by atoms with Gasteiger partial charge in [0.25, 0.3) is 5.56 Å². The third-order valence-corrected chi connectivity index (χ3v) is 4.47. The van der Waals surface area contributed by atoms with Crippen molar-refractivity contribution >= 4 is 11.8 Å². The zero-order chi connectivity index (χ0) is 21.2. The molecule has 2 rings (SSSR count). The van der Waals surface area contributed by atoms with Crippen LogP contribution in [0.1, 0.15) is 45.1 Å². The fourth-order valence-corrected chi connectivity index (χ4v) is 3.15. The maximum Gasteiger partial charge on any atom is 0.417 e. The van der Waals surface area contributed by atoms with Gasteiger partial charge in [0.15, 0.2) is 5.78 Å². The first kappa shape index (κ1) is 21.4. The Hall–Kier alpha value is -2.90.